The normalized spacial score (nSPS) is 22.9. The summed E-state index contributed by atoms with van der Waals surface area (Å²) in [6.07, 6.45) is 5.64. The van der Waals surface area contributed by atoms with Crippen LogP contribution >= 0.6 is 12.2 Å². The van der Waals surface area contributed by atoms with E-state index in [0.29, 0.717) is 5.69 Å². The molecular weight excluding hydrogens is 317 g/mol. The van der Waals surface area contributed by atoms with Gasteiger partial charge in [-0.25, -0.2) is 4.39 Å². The molecule has 7 heteroatoms. The van der Waals surface area contributed by atoms with Gasteiger partial charge in [-0.15, -0.1) is 0 Å². The van der Waals surface area contributed by atoms with E-state index in [4.69, 9.17) is 12.2 Å². The molecule has 1 aromatic carbocycles. The van der Waals surface area contributed by atoms with Crippen LogP contribution < -0.4 is 10.2 Å². The number of benzene rings is 1. The third-order valence-electron chi connectivity index (χ3n) is 4.06. The summed E-state index contributed by atoms with van der Waals surface area (Å²) >= 11 is 5.08. The topological polar surface area (TPSA) is 61.8 Å². The Balaban J connectivity index is 1.83. The third-order valence-corrected chi connectivity index (χ3v) is 4.34. The number of carbonyl (C=O) groups excluding carboxylic acids is 2. The molecule has 0 spiro atoms. The standard InChI is InChI=1S/C16H16FN3O2S/c17-10-5-7-12(8-6-10)20-15(22)13(14(21)19-16(20)23)9-18-11-3-1-2-4-11/h5-9,11,13H,1-4H2,(H,19,21,23)/t13-/m1/s1. The van der Waals surface area contributed by atoms with Crippen molar-refractivity contribution in [3.8, 4) is 0 Å². The van der Waals surface area contributed by atoms with Crippen molar-refractivity contribution in [3.05, 3.63) is 30.1 Å². The number of nitrogens with zero attached hydrogens (tertiary/aromatic N) is 2. The first-order chi connectivity index (χ1) is 11.1. The van der Waals surface area contributed by atoms with E-state index in [9.17, 15) is 14.0 Å². The fourth-order valence-corrected chi connectivity index (χ4v) is 3.11. The molecule has 0 bridgehead atoms. The van der Waals surface area contributed by atoms with Gasteiger partial charge in [0, 0.05) is 12.3 Å². The largest absolute Gasteiger partial charge is 0.301 e. The summed E-state index contributed by atoms with van der Waals surface area (Å²) in [5.41, 5.74) is 0.417. The Hall–Kier alpha value is -2.15. The van der Waals surface area contributed by atoms with Crippen molar-refractivity contribution >= 4 is 41.0 Å². The second-order valence-corrected chi connectivity index (χ2v) is 6.05. The van der Waals surface area contributed by atoms with Crippen LogP contribution in [0.25, 0.3) is 0 Å². The van der Waals surface area contributed by atoms with Gasteiger partial charge in [0.05, 0.1) is 5.69 Å². The van der Waals surface area contributed by atoms with Crippen LogP contribution in [-0.2, 0) is 9.59 Å². The molecular formula is C16H16FN3O2S. The zero-order chi connectivity index (χ0) is 16.4. The molecule has 3 rings (SSSR count). The average molecular weight is 333 g/mol. The van der Waals surface area contributed by atoms with Gasteiger partial charge in [0.2, 0.25) is 5.91 Å². The molecule has 2 amide bonds. The highest BCUT2D eigenvalue weighted by molar-refractivity contribution is 7.80. The number of nitrogens with one attached hydrogen (secondary N) is 1. The van der Waals surface area contributed by atoms with Crippen molar-refractivity contribution < 1.29 is 14.0 Å². The molecule has 1 aliphatic carbocycles. The molecule has 1 aliphatic heterocycles. The summed E-state index contributed by atoms with van der Waals surface area (Å²) in [7, 11) is 0. The van der Waals surface area contributed by atoms with Crippen molar-refractivity contribution in [1.29, 1.82) is 0 Å². The van der Waals surface area contributed by atoms with Crippen LogP contribution in [0, 0.1) is 11.7 Å². The van der Waals surface area contributed by atoms with Gasteiger partial charge in [0.15, 0.2) is 11.0 Å². The summed E-state index contributed by atoms with van der Waals surface area (Å²) in [6, 6.07) is 5.56. The maximum Gasteiger partial charge on any atom is 0.251 e. The molecule has 1 saturated heterocycles. The lowest BCUT2D eigenvalue weighted by atomic mass is 10.1. The molecule has 2 fully saturated rings. The first-order valence-corrected chi connectivity index (χ1v) is 7.95. The monoisotopic (exact) mass is 333 g/mol. The minimum atomic E-state index is -1.01. The number of rotatable bonds is 3. The van der Waals surface area contributed by atoms with Gasteiger partial charge in [-0.05, 0) is 49.3 Å². The molecule has 120 valence electrons. The SMILES string of the molecule is O=C1NC(=S)N(c2ccc(F)cc2)C(=O)[C@@H]1C=NC1CCCC1. The Morgan fingerprint density at radius 3 is 2.52 bits per heavy atom. The first-order valence-electron chi connectivity index (χ1n) is 7.54. The molecule has 1 N–H and O–H groups in total. The van der Waals surface area contributed by atoms with Gasteiger partial charge in [0.1, 0.15) is 5.82 Å². The van der Waals surface area contributed by atoms with E-state index in [0.717, 1.165) is 25.7 Å². The highest BCUT2D eigenvalue weighted by Gasteiger charge is 2.38. The van der Waals surface area contributed by atoms with Crippen LogP contribution in [0.3, 0.4) is 0 Å². The zero-order valence-corrected chi connectivity index (χ0v) is 13.2. The van der Waals surface area contributed by atoms with Crippen LogP contribution in [0.1, 0.15) is 25.7 Å². The Kier molecular flexibility index (Phi) is 4.47. The van der Waals surface area contributed by atoms with E-state index in [1.807, 2.05) is 0 Å². The van der Waals surface area contributed by atoms with E-state index in [2.05, 4.69) is 10.3 Å². The van der Waals surface area contributed by atoms with Crippen molar-refractivity contribution in [2.75, 3.05) is 4.90 Å². The number of hydrogen-bond donors (Lipinski definition) is 1. The predicted octanol–water partition coefficient (Wildman–Crippen LogP) is 2.20. The Morgan fingerprint density at radius 1 is 1.22 bits per heavy atom. The maximum absolute atomic E-state index is 13.1. The highest BCUT2D eigenvalue weighted by Crippen LogP contribution is 2.23. The number of amides is 2. The van der Waals surface area contributed by atoms with Crippen molar-refractivity contribution in [2.45, 2.75) is 31.7 Å². The van der Waals surface area contributed by atoms with E-state index in [1.165, 1.54) is 35.4 Å². The average Bonchev–Trinajstić information content (AvgIpc) is 3.02. The molecule has 1 atom stereocenters. The minimum absolute atomic E-state index is 0.00266. The van der Waals surface area contributed by atoms with Gasteiger partial charge in [-0.2, -0.15) is 0 Å². The number of aliphatic imine (C=N–C) groups is 1. The Morgan fingerprint density at radius 2 is 1.87 bits per heavy atom. The number of carbonyl (C=O) groups is 2. The second kappa shape index (κ2) is 6.54. The van der Waals surface area contributed by atoms with Crippen LogP contribution in [0.5, 0.6) is 0 Å². The molecule has 0 unspecified atom stereocenters. The molecule has 1 saturated carbocycles. The minimum Gasteiger partial charge on any atom is -0.301 e. The summed E-state index contributed by atoms with van der Waals surface area (Å²) in [5, 5.41) is 2.51. The number of anilines is 1. The molecule has 2 aliphatic rings. The summed E-state index contributed by atoms with van der Waals surface area (Å²) in [4.78, 5) is 30.3. The van der Waals surface area contributed by atoms with Crippen molar-refractivity contribution in [3.63, 3.8) is 0 Å². The number of halogens is 1. The summed E-state index contributed by atoms with van der Waals surface area (Å²) in [6.45, 7) is 0. The Labute approximate surface area is 138 Å². The fraction of sp³-hybridized carbons (Fsp3) is 0.375. The molecule has 0 radical (unpaired) electrons. The van der Waals surface area contributed by atoms with E-state index < -0.39 is 23.5 Å². The van der Waals surface area contributed by atoms with Crippen LogP contribution in [-0.4, -0.2) is 29.2 Å². The van der Waals surface area contributed by atoms with E-state index >= 15 is 0 Å². The van der Waals surface area contributed by atoms with Crippen molar-refractivity contribution in [2.24, 2.45) is 10.9 Å². The molecule has 1 aromatic rings. The number of thiocarbonyl (C=S) groups is 1. The highest BCUT2D eigenvalue weighted by atomic mass is 32.1. The van der Waals surface area contributed by atoms with Gasteiger partial charge in [-0.1, -0.05) is 12.8 Å². The van der Waals surface area contributed by atoms with E-state index in [-0.39, 0.29) is 11.2 Å². The molecule has 1 heterocycles. The van der Waals surface area contributed by atoms with E-state index in [1.54, 1.807) is 0 Å². The smallest absolute Gasteiger partial charge is 0.251 e. The van der Waals surface area contributed by atoms with Crippen LogP contribution in [0.4, 0.5) is 10.1 Å². The lowest BCUT2D eigenvalue weighted by molar-refractivity contribution is -0.130. The predicted molar refractivity (Wildman–Crippen MR) is 88.9 cm³/mol. The fourth-order valence-electron chi connectivity index (χ4n) is 2.82. The van der Waals surface area contributed by atoms with Gasteiger partial charge < -0.3 is 5.32 Å². The third kappa shape index (κ3) is 3.29. The summed E-state index contributed by atoms with van der Waals surface area (Å²) in [5.74, 6) is -2.35. The van der Waals surface area contributed by atoms with Crippen LogP contribution in [0.15, 0.2) is 29.3 Å². The number of hydrogen-bond acceptors (Lipinski definition) is 4. The van der Waals surface area contributed by atoms with Gasteiger partial charge >= 0.3 is 0 Å². The molecule has 23 heavy (non-hydrogen) atoms. The molecule has 5 nitrogen and oxygen atoms in total. The lowest BCUT2D eigenvalue weighted by Gasteiger charge is -2.31. The lowest BCUT2D eigenvalue weighted by Crippen LogP contribution is -2.58. The van der Waals surface area contributed by atoms with Crippen LogP contribution in [0.2, 0.25) is 0 Å². The quantitative estimate of drug-likeness (QED) is 0.524. The first kappa shape index (κ1) is 15.7. The zero-order valence-electron chi connectivity index (χ0n) is 12.4. The molecule has 0 aromatic heterocycles. The van der Waals surface area contributed by atoms with Gasteiger partial charge in [-0.3, -0.25) is 19.5 Å². The maximum atomic E-state index is 13.1. The van der Waals surface area contributed by atoms with Gasteiger partial charge in [0.25, 0.3) is 5.91 Å². The summed E-state index contributed by atoms with van der Waals surface area (Å²) < 4.78 is 13.1. The second-order valence-electron chi connectivity index (χ2n) is 5.66. The van der Waals surface area contributed by atoms with Crippen molar-refractivity contribution in [1.82, 2.24) is 5.32 Å². The Bertz CT molecular complexity index is 668.